The smallest absolute Gasteiger partial charge is 0.341 e. The van der Waals surface area contributed by atoms with Crippen LogP contribution in [0.15, 0.2) is 67.4 Å². The second-order valence-electron chi connectivity index (χ2n) is 6.12. The number of benzene rings is 2. The number of carboxylic acid groups (broad SMARTS) is 1. The van der Waals surface area contributed by atoms with Gasteiger partial charge in [-0.05, 0) is 48.5 Å². The van der Waals surface area contributed by atoms with E-state index in [4.69, 9.17) is 9.84 Å². The molecule has 3 aromatic rings. The molecule has 0 fully saturated rings. The van der Waals surface area contributed by atoms with E-state index in [-0.39, 0.29) is 17.7 Å². The van der Waals surface area contributed by atoms with Gasteiger partial charge in [0.2, 0.25) is 11.9 Å². The van der Waals surface area contributed by atoms with Crippen LogP contribution in [0, 0.1) is 5.82 Å². The maximum Gasteiger partial charge on any atom is 0.341 e. The average molecular weight is 423 g/mol. The molecular formula is C21H18FN5O4. The number of carboxylic acids is 1. The van der Waals surface area contributed by atoms with Crippen LogP contribution in [-0.4, -0.2) is 33.6 Å². The van der Waals surface area contributed by atoms with Gasteiger partial charge in [0, 0.05) is 17.1 Å². The van der Waals surface area contributed by atoms with E-state index in [2.05, 4.69) is 32.5 Å². The molecule has 4 N–H and O–H groups in total. The molecule has 0 saturated heterocycles. The minimum atomic E-state index is -1.07. The Kier molecular flexibility index (Phi) is 6.74. The van der Waals surface area contributed by atoms with Crippen molar-refractivity contribution in [1.29, 1.82) is 0 Å². The van der Waals surface area contributed by atoms with Crippen molar-refractivity contribution in [3.05, 3.63) is 73.2 Å². The highest BCUT2D eigenvalue weighted by Crippen LogP contribution is 2.23. The molecule has 158 valence electrons. The molecule has 9 nitrogen and oxygen atoms in total. The molecule has 0 aliphatic rings. The third-order valence-electron chi connectivity index (χ3n) is 3.80. The molecule has 1 heterocycles. The van der Waals surface area contributed by atoms with E-state index in [1.54, 1.807) is 48.5 Å². The Labute approximate surface area is 176 Å². The second kappa shape index (κ2) is 9.83. The monoisotopic (exact) mass is 423 g/mol. The number of nitrogens with zero attached hydrogens (tertiary/aromatic N) is 2. The van der Waals surface area contributed by atoms with Crippen LogP contribution in [0.25, 0.3) is 0 Å². The van der Waals surface area contributed by atoms with Crippen molar-refractivity contribution >= 4 is 40.7 Å². The average Bonchev–Trinajstić information content (AvgIpc) is 2.75. The fourth-order valence-corrected chi connectivity index (χ4v) is 2.43. The number of amides is 1. The first-order valence-corrected chi connectivity index (χ1v) is 8.97. The number of anilines is 5. The number of halogens is 1. The summed E-state index contributed by atoms with van der Waals surface area (Å²) in [6, 6.07) is 13.1. The number of hydrogen-bond donors (Lipinski definition) is 4. The van der Waals surface area contributed by atoms with Gasteiger partial charge in [-0.3, -0.25) is 4.79 Å². The molecule has 1 amide bonds. The lowest BCUT2D eigenvalue weighted by Crippen LogP contribution is -2.09. The van der Waals surface area contributed by atoms with Crippen molar-refractivity contribution in [3.63, 3.8) is 0 Å². The Morgan fingerprint density at radius 2 is 1.84 bits per heavy atom. The number of rotatable bonds is 9. The summed E-state index contributed by atoms with van der Waals surface area (Å²) in [5, 5.41) is 17.0. The summed E-state index contributed by atoms with van der Waals surface area (Å²) in [5.41, 5.74) is 1.60. The third kappa shape index (κ3) is 6.26. The summed E-state index contributed by atoms with van der Waals surface area (Å²) < 4.78 is 19.3. The summed E-state index contributed by atoms with van der Waals surface area (Å²) in [6.45, 7) is 2.95. The first kappa shape index (κ1) is 21.2. The van der Waals surface area contributed by atoms with E-state index in [1.165, 1.54) is 0 Å². The normalized spacial score (nSPS) is 10.1. The van der Waals surface area contributed by atoms with Crippen LogP contribution in [0.5, 0.6) is 5.75 Å². The molecular weight excluding hydrogens is 405 g/mol. The highest BCUT2D eigenvalue weighted by atomic mass is 19.1. The fraction of sp³-hybridized carbons (Fsp3) is 0.0476. The van der Waals surface area contributed by atoms with Gasteiger partial charge in [-0.2, -0.15) is 4.98 Å². The minimum Gasteiger partial charge on any atom is -0.482 e. The predicted molar refractivity (Wildman–Crippen MR) is 113 cm³/mol. The van der Waals surface area contributed by atoms with Crippen molar-refractivity contribution in [1.82, 2.24) is 9.97 Å². The van der Waals surface area contributed by atoms with E-state index in [0.29, 0.717) is 22.8 Å². The van der Waals surface area contributed by atoms with Gasteiger partial charge in [0.05, 0.1) is 6.20 Å². The van der Waals surface area contributed by atoms with E-state index in [9.17, 15) is 14.0 Å². The summed E-state index contributed by atoms with van der Waals surface area (Å²) >= 11 is 0. The standard InChI is InChI=1S/C21H18FN5O4/c1-2-18(28)24-14-4-3-5-15(10-14)25-20-17(22)11-23-21(27-20)26-13-6-8-16(9-7-13)31-12-19(29)30/h2-11H,1,12H2,(H,24,28)(H,29,30)(H2,23,25,26,27). The molecule has 0 bridgehead atoms. The zero-order valence-corrected chi connectivity index (χ0v) is 16.1. The van der Waals surface area contributed by atoms with Gasteiger partial charge in [-0.25, -0.2) is 14.2 Å². The van der Waals surface area contributed by atoms with Crippen molar-refractivity contribution in [2.45, 2.75) is 0 Å². The third-order valence-corrected chi connectivity index (χ3v) is 3.80. The first-order chi connectivity index (χ1) is 14.9. The van der Waals surface area contributed by atoms with Gasteiger partial charge in [0.1, 0.15) is 5.75 Å². The Morgan fingerprint density at radius 3 is 2.55 bits per heavy atom. The van der Waals surface area contributed by atoms with Crippen LogP contribution in [0.3, 0.4) is 0 Å². The maximum absolute atomic E-state index is 14.2. The zero-order valence-electron chi connectivity index (χ0n) is 16.1. The molecule has 0 atom stereocenters. The number of carbonyl (C=O) groups excluding carboxylic acids is 1. The van der Waals surface area contributed by atoms with Crippen LogP contribution >= 0.6 is 0 Å². The number of hydrogen-bond acceptors (Lipinski definition) is 7. The first-order valence-electron chi connectivity index (χ1n) is 8.97. The van der Waals surface area contributed by atoms with Crippen LogP contribution < -0.4 is 20.7 Å². The summed E-state index contributed by atoms with van der Waals surface area (Å²) in [6.07, 6.45) is 2.16. The minimum absolute atomic E-state index is 0.0638. The SMILES string of the molecule is C=CC(=O)Nc1cccc(Nc2nc(Nc3ccc(OCC(=O)O)cc3)ncc2F)c1. The van der Waals surface area contributed by atoms with Crippen LogP contribution in [-0.2, 0) is 9.59 Å². The number of nitrogens with one attached hydrogen (secondary N) is 3. The predicted octanol–water partition coefficient (Wildman–Crippen LogP) is 3.69. The lowest BCUT2D eigenvalue weighted by molar-refractivity contribution is -0.139. The number of ether oxygens (including phenoxy) is 1. The van der Waals surface area contributed by atoms with E-state index >= 15 is 0 Å². The number of aromatic nitrogens is 2. The molecule has 0 saturated carbocycles. The van der Waals surface area contributed by atoms with Crippen LogP contribution in [0.4, 0.5) is 33.2 Å². The second-order valence-corrected chi connectivity index (χ2v) is 6.12. The molecule has 2 aromatic carbocycles. The molecule has 10 heteroatoms. The van der Waals surface area contributed by atoms with Crippen molar-refractivity contribution in [2.75, 3.05) is 22.6 Å². The van der Waals surface area contributed by atoms with Gasteiger partial charge >= 0.3 is 5.97 Å². The van der Waals surface area contributed by atoms with Crippen molar-refractivity contribution in [3.8, 4) is 5.75 Å². The molecule has 0 aliphatic heterocycles. The number of aliphatic carboxylic acids is 1. The molecule has 1 aromatic heterocycles. The van der Waals surface area contributed by atoms with Crippen molar-refractivity contribution < 1.29 is 23.8 Å². The van der Waals surface area contributed by atoms with Gasteiger partial charge in [0.25, 0.3) is 0 Å². The maximum atomic E-state index is 14.2. The molecule has 0 unspecified atom stereocenters. The lowest BCUT2D eigenvalue weighted by atomic mass is 10.2. The largest absolute Gasteiger partial charge is 0.482 e. The lowest BCUT2D eigenvalue weighted by Gasteiger charge is -2.11. The van der Waals surface area contributed by atoms with Gasteiger partial charge in [-0.15, -0.1) is 0 Å². The van der Waals surface area contributed by atoms with Crippen molar-refractivity contribution in [2.24, 2.45) is 0 Å². The Morgan fingerprint density at radius 1 is 1.10 bits per heavy atom. The number of carbonyl (C=O) groups is 2. The van der Waals surface area contributed by atoms with Crippen LogP contribution in [0.2, 0.25) is 0 Å². The summed E-state index contributed by atoms with van der Waals surface area (Å²) in [4.78, 5) is 30.0. The molecule has 3 rings (SSSR count). The molecule has 0 aliphatic carbocycles. The van der Waals surface area contributed by atoms with E-state index in [0.717, 1.165) is 12.3 Å². The summed E-state index contributed by atoms with van der Waals surface area (Å²) in [5.74, 6) is -1.64. The van der Waals surface area contributed by atoms with Gasteiger partial charge in [-0.1, -0.05) is 12.6 Å². The fourth-order valence-electron chi connectivity index (χ4n) is 2.43. The molecule has 31 heavy (non-hydrogen) atoms. The highest BCUT2D eigenvalue weighted by Gasteiger charge is 2.09. The van der Waals surface area contributed by atoms with E-state index in [1.807, 2.05) is 0 Å². The Bertz CT molecular complexity index is 1110. The highest BCUT2D eigenvalue weighted by molar-refractivity contribution is 5.99. The Hall–Kier alpha value is -4.47. The van der Waals surface area contributed by atoms with Gasteiger partial charge < -0.3 is 25.8 Å². The zero-order chi connectivity index (χ0) is 22.2. The summed E-state index contributed by atoms with van der Waals surface area (Å²) in [7, 11) is 0. The van der Waals surface area contributed by atoms with E-state index < -0.39 is 18.4 Å². The molecule has 0 radical (unpaired) electrons. The topological polar surface area (TPSA) is 125 Å². The van der Waals surface area contributed by atoms with Gasteiger partial charge in [0.15, 0.2) is 18.2 Å². The quantitative estimate of drug-likeness (QED) is 0.384. The Balaban J connectivity index is 1.70. The van der Waals surface area contributed by atoms with Crippen LogP contribution in [0.1, 0.15) is 0 Å². The molecule has 0 spiro atoms.